The fourth-order valence-corrected chi connectivity index (χ4v) is 4.58. The molecule has 2 aromatic rings. The van der Waals surface area contributed by atoms with Crippen LogP contribution in [0.2, 0.25) is 5.02 Å². The number of carbonyl (C=O) groups is 2. The molecule has 0 bridgehead atoms. The Morgan fingerprint density at radius 2 is 1.90 bits per heavy atom. The highest BCUT2D eigenvalue weighted by molar-refractivity contribution is 8.00. The number of ketones is 1. The van der Waals surface area contributed by atoms with E-state index in [1.54, 1.807) is 12.1 Å². The molecular formula is C22H23ClF2N2O2S. The second-order valence-electron chi connectivity index (χ2n) is 7.19. The number of benzene rings is 2. The molecule has 1 saturated heterocycles. The van der Waals surface area contributed by atoms with Gasteiger partial charge in [0.1, 0.15) is 11.6 Å². The monoisotopic (exact) mass is 452 g/mol. The van der Waals surface area contributed by atoms with Crippen LogP contribution in [0.15, 0.2) is 41.3 Å². The van der Waals surface area contributed by atoms with Gasteiger partial charge in [-0.1, -0.05) is 23.7 Å². The first kappa shape index (κ1) is 22.7. The molecule has 0 spiro atoms. The Hall–Kier alpha value is -1.96. The fourth-order valence-electron chi connectivity index (χ4n) is 3.54. The van der Waals surface area contributed by atoms with E-state index in [0.717, 1.165) is 37.7 Å². The maximum absolute atomic E-state index is 14.5. The van der Waals surface area contributed by atoms with Crippen molar-refractivity contribution in [1.29, 1.82) is 0 Å². The van der Waals surface area contributed by atoms with Crippen molar-refractivity contribution in [3.63, 3.8) is 0 Å². The van der Waals surface area contributed by atoms with Crippen molar-refractivity contribution in [2.75, 3.05) is 25.4 Å². The van der Waals surface area contributed by atoms with Crippen molar-refractivity contribution in [2.45, 2.75) is 30.7 Å². The first-order chi connectivity index (χ1) is 14.4. The lowest BCUT2D eigenvalue weighted by Crippen LogP contribution is -2.38. The van der Waals surface area contributed by atoms with Gasteiger partial charge in [-0.15, -0.1) is 11.8 Å². The molecule has 30 heavy (non-hydrogen) atoms. The minimum atomic E-state index is -0.534. The van der Waals surface area contributed by atoms with E-state index in [1.807, 2.05) is 0 Å². The van der Waals surface area contributed by atoms with Crippen LogP contribution in [-0.4, -0.2) is 42.0 Å². The van der Waals surface area contributed by atoms with E-state index in [1.165, 1.54) is 31.2 Å². The van der Waals surface area contributed by atoms with Crippen LogP contribution in [0.25, 0.3) is 0 Å². The average Bonchev–Trinajstić information content (AvgIpc) is 3.23. The molecule has 3 rings (SSSR count). The highest BCUT2D eigenvalue weighted by Gasteiger charge is 2.28. The van der Waals surface area contributed by atoms with E-state index in [9.17, 15) is 18.4 Å². The summed E-state index contributed by atoms with van der Waals surface area (Å²) in [6.07, 6.45) is 2.03. The molecule has 1 heterocycles. The molecule has 0 saturated carbocycles. The number of hydrogen-bond donors (Lipinski definition) is 1. The number of likely N-dealkylation sites (tertiary alicyclic amines) is 1. The molecule has 0 radical (unpaired) electrons. The summed E-state index contributed by atoms with van der Waals surface area (Å²) >= 11 is 7.31. The molecule has 0 aromatic heterocycles. The number of nitrogens with one attached hydrogen (secondary N) is 1. The second kappa shape index (κ2) is 10.4. The first-order valence-corrected chi connectivity index (χ1v) is 11.1. The molecule has 0 aliphatic carbocycles. The number of carbonyl (C=O) groups excluding carboxylic acids is 2. The molecule has 1 aliphatic heterocycles. The van der Waals surface area contributed by atoms with Gasteiger partial charge < -0.3 is 5.32 Å². The zero-order valence-corrected chi connectivity index (χ0v) is 18.2. The van der Waals surface area contributed by atoms with E-state index in [2.05, 4.69) is 10.2 Å². The fraction of sp³-hybridized carbons (Fsp3) is 0.364. The Labute approximate surface area is 184 Å². The summed E-state index contributed by atoms with van der Waals surface area (Å²) in [5, 5.41) is 3.16. The molecule has 1 fully saturated rings. The highest BCUT2D eigenvalue weighted by atomic mass is 35.5. The van der Waals surface area contributed by atoms with Gasteiger partial charge >= 0.3 is 0 Å². The van der Waals surface area contributed by atoms with Crippen LogP contribution in [0.3, 0.4) is 0 Å². The predicted octanol–water partition coefficient (Wildman–Crippen LogP) is 4.87. The Morgan fingerprint density at radius 3 is 2.53 bits per heavy atom. The van der Waals surface area contributed by atoms with Crippen molar-refractivity contribution >= 4 is 35.1 Å². The van der Waals surface area contributed by atoms with Gasteiger partial charge in [-0.25, -0.2) is 8.78 Å². The lowest BCUT2D eigenvalue weighted by Gasteiger charge is -2.29. The van der Waals surface area contributed by atoms with Gasteiger partial charge in [0, 0.05) is 27.6 Å². The third kappa shape index (κ3) is 5.59. The normalized spacial score (nSPS) is 15.2. The molecule has 1 aliphatic rings. The maximum Gasteiger partial charge on any atom is 0.230 e. The van der Waals surface area contributed by atoms with Crippen molar-refractivity contribution < 1.29 is 18.4 Å². The van der Waals surface area contributed by atoms with E-state index < -0.39 is 11.6 Å². The molecule has 8 heteroatoms. The van der Waals surface area contributed by atoms with Crippen molar-refractivity contribution in [3.8, 4) is 0 Å². The lowest BCUT2D eigenvalue weighted by molar-refractivity contribution is -0.118. The number of halogens is 3. The van der Waals surface area contributed by atoms with Crippen LogP contribution >= 0.6 is 23.4 Å². The molecule has 1 atom stereocenters. The standard InChI is InChI=1S/C22H23ClF2N2O2S/c1-14(28)15-7-8-20(18(25)11-15)30-13-21(29)26-12-19(27-9-2-3-10-27)22-16(23)5-4-6-17(22)24/h4-8,11,19H,2-3,9-10,12-13H2,1H3,(H,26,29). The predicted molar refractivity (Wildman–Crippen MR) is 115 cm³/mol. The number of amides is 1. The number of rotatable bonds is 8. The highest BCUT2D eigenvalue weighted by Crippen LogP contribution is 2.32. The second-order valence-corrected chi connectivity index (χ2v) is 8.61. The van der Waals surface area contributed by atoms with Crippen molar-refractivity contribution in [2.24, 2.45) is 0 Å². The molecule has 2 aromatic carbocycles. The van der Waals surface area contributed by atoms with Crippen LogP contribution in [-0.2, 0) is 4.79 Å². The number of Topliss-reactive ketones (excluding diaryl/α,β-unsaturated/α-hetero) is 1. The summed E-state index contributed by atoms with van der Waals surface area (Å²) in [6.45, 7) is 3.21. The van der Waals surface area contributed by atoms with Gasteiger partial charge in [0.2, 0.25) is 5.91 Å². The van der Waals surface area contributed by atoms with E-state index >= 15 is 0 Å². The van der Waals surface area contributed by atoms with Crippen LogP contribution in [0.5, 0.6) is 0 Å². The van der Waals surface area contributed by atoms with E-state index in [-0.39, 0.29) is 35.6 Å². The van der Waals surface area contributed by atoms with E-state index in [4.69, 9.17) is 11.6 Å². The van der Waals surface area contributed by atoms with Crippen LogP contribution < -0.4 is 5.32 Å². The smallest absolute Gasteiger partial charge is 0.230 e. The van der Waals surface area contributed by atoms with Crippen LogP contribution in [0.1, 0.15) is 41.7 Å². The van der Waals surface area contributed by atoms with E-state index in [0.29, 0.717) is 15.5 Å². The zero-order valence-electron chi connectivity index (χ0n) is 16.6. The van der Waals surface area contributed by atoms with Crippen LogP contribution in [0.4, 0.5) is 8.78 Å². The Balaban J connectivity index is 1.63. The molecule has 1 N–H and O–H groups in total. The van der Waals surface area contributed by atoms with Gasteiger partial charge in [0.15, 0.2) is 5.78 Å². The number of thioether (sulfide) groups is 1. The third-order valence-corrected chi connectivity index (χ3v) is 6.48. The van der Waals surface area contributed by atoms with Gasteiger partial charge in [-0.05, 0) is 57.1 Å². The van der Waals surface area contributed by atoms with Gasteiger partial charge in [-0.3, -0.25) is 14.5 Å². The summed E-state index contributed by atoms with van der Waals surface area (Å²) in [7, 11) is 0. The Kier molecular flexibility index (Phi) is 7.86. The Morgan fingerprint density at radius 1 is 1.17 bits per heavy atom. The number of nitrogens with zero attached hydrogens (tertiary/aromatic N) is 1. The molecular weight excluding hydrogens is 430 g/mol. The topological polar surface area (TPSA) is 49.4 Å². The van der Waals surface area contributed by atoms with Crippen LogP contribution in [0, 0.1) is 11.6 Å². The quantitative estimate of drug-likeness (QED) is 0.458. The SMILES string of the molecule is CC(=O)c1ccc(SCC(=O)NCC(c2c(F)cccc2Cl)N2CCCC2)c(F)c1. The van der Waals surface area contributed by atoms with Crippen molar-refractivity contribution in [3.05, 3.63) is 64.2 Å². The van der Waals surface area contributed by atoms with Crippen molar-refractivity contribution in [1.82, 2.24) is 10.2 Å². The minimum Gasteiger partial charge on any atom is -0.353 e. The summed E-state index contributed by atoms with van der Waals surface area (Å²) < 4.78 is 28.6. The lowest BCUT2D eigenvalue weighted by atomic mass is 10.0. The largest absolute Gasteiger partial charge is 0.353 e. The zero-order chi connectivity index (χ0) is 21.7. The van der Waals surface area contributed by atoms with Gasteiger partial charge in [0.05, 0.1) is 11.8 Å². The van der Waals surface area contributed by atoms with Gasteiger partial charge in [-0.2, -0.15) is 0 Å². The summed E-state index contributed by atoms with van der Waals surface area (Å²) in [5.41, 5.74) is 0.677. The number of hydrogen-bond acceptors (Lipinski definition) is 4. The molecule has 4 nitrogen and oxygen atoms in total. The summed E-state index contributed by atoms with van der Waals surface area (Å²) in [4.78, 5) is 26.1. The Bertz CT molecular complexity index is 915. The third-order valence-electron chi connectivity index (χ3n) is 5.10. The molecule has 1 unspecified atom stereocenters. The molecule has 160 valence electrons. The average molecular weight is 453 g/mol. The summed E-state index contributed by atoms with van der Waals surface area (Å²) in [6, 6.07) is 8.42. The first-order valence-electron chi connectivity index (χ1n) is 9.74. The minimum absolute atomic E-state index is 0.00800. The maximum atomic E-state index is 14.5. The van der Waals surface area contributed by atoms with Gasteiger partial charge in [0.25, 0.3) is 0 Å². The summed E-state index contributed by atoms with van der Waals surface area (Å²) in [5.74, 6) is -1.42. The molecule has 1 amide bonds.